The van der Waals surface area contributed by atoms with Crippen LogP contribution in [0.4, 0.5) is 13.2 Å². The van der Waals surface area contributed by atoms with E-state index in [0.29, 0.717) is 6.54 Å². The van der Waals surface area contributed by atoms with E-state index in [9.17, 15) is 22.8 Å². The predicted octanol–water partition coefficient (Wildman–Crippen LogP) is 2.51. The number of nitrogens with zero attached hydrogens (tertiary/aromatic N) is 3. The number of likely N-dealkylation sites (tertiary alicyclic amines) is 3. The Morgan fingerprint density at radius 1 is 1.12 bits per heavy atom. The molecule has 1 atom stereocenters. The van der Waals surface area contributed by atoms with Gasteiger partial charge in [-0.25, -0.2) is 4.79 Å². The van der Waals surface area contributed by atoms with E-state index in [1.54, 1.807) is 6.92 Å². The van der Waals surface area contributed by atoms with Crippen molar-refractivity contribution >= 4 is 17.8 Å². The second kappa shape index (κ2) is 9.00. The van der Waals surface area contributed by atoms with Crippen LogP contribution in [0, 0.1) is 17.8 Å². The second-order valence-electron chi connectivity index (χ2n) is 9.31. The number of hydrogen-bond acceptors (Lipinski definition) is 5. The van der Waals surface area contributed by atoms with Gasteiger partial charge in [0, 0.05) is 39.0 Å². The van der Waals surface area contributed by atoms with Crippen molar-refractivity contribution in [3.8, 4) is 0 Å². The molecular formula is C22H30F3N3O5. The monoisotopic (exact) mass is 473 g/mol. The summed E-state index contributed by atoms with van der Waals surface area (Å²) < 4.78 is 37.5. The maximum Gasteiger partial charge on any atom is 0.490 e. The van der Waals surface area contributed by atoms with E-state index in [4.69, 9.17) is 14.3 Å². The number of aryl methyl sites for hydroxylation is 1. The highest BCUT2D eigenvalue weighted by atomic mass is 19.4. The van der Waals surface area contributed by atoms with E-state index in [1.165, 1.54) is 0 Å². The molecule has 3 fully saturated rings. The highest BCUT2D eigenvalue weighted by molar-refractivity contribution is 5.88. The molecule has 0 saturated carbocycles. The third kappa shape index (κ3) is 4.87. The van der Waals surface area contributed by atoms with Gasteiger partial charge in [-0.05, 0) is 51.4 Å². The molecule has 2 amide bonds. The Kier molecular flexibility index (Phi) is 6.84. The molecule has 184 valence electrons. The van der Waals surface area contributed by atoms with Gasteiger partial charge in [0.1, 0.15) is 11.5 Å². The van der Waals surface area contributed by atoms with Crippen molar-refractivity contribution in [1.82, 2.24) is 14.7 Å². The maximum absolute atomic E-state index is 13.1. The van der Waals surface area contributed by atoms with E-state index in [0.717, 1.165) is 63.5 Å². The van der Waals surface area contributed by atoms with Crippen LogP contribution in [0.15, 0.2) is 16.5 Å². The summed E-state index contributed by atoms with van der Waals surface area (Å²) in [4.78, 5) is 40.3. The summed E-state index contributed by atoms with van der Waals surface area (Å²) in [7, 11) is 1.90. The average molecular weight is 473 g/mol. The van der Waals surface area contributed by atoms with Gasteiger partial charge in [-0.2, -0.15) is 13.2 Å². The molecule has 11 heteroatoms. The molecule has 3 aliphatic rings. The fourth-order valence-electron chi connectivity index (χ4n) is 5.43. The van der Waals surface area contributed by atoms with Crippen LogP contribution in [0.5, 0.6) is 0 Å². The SMILES string of the molecule is CC(=O)N1CC2(CCN(Cc3ccc(C)o3)CC2)C2(CCN(C)C2=O)C1.O=C(O)C(F)(F)F. The van der Waals surface area contributed by atoms with E-state index < -0.39 is 12.1 Å². The molecule has 1 aromatic rings. The molecule has 33 heavy (non-hydrogen) atoms. The van der Waals surface area contributed by atoms with Crippen LogP contribution in [0.3, 0.4) is 0 Å². The number of hydrogen-bond donors (Lipinski definition) is 1. The van der Waals surface area contributed by atoms with Crippen LogP contribution < -0.4 is 0 Å². The van der Waals surface area contributed by atoms with Crippen LogP contribution >= 0.6 is 0 Å². The van der Waals surface area contributed by atoms with Gasteiger partial charge in [0.05, 0.1) is 12.0 Å². The third-order valence-corrected chi connectivity index (χ3v) is 7.28. The lowest BCUT2D eigenvalue weighted by atomic mass is 9.60. The van der Waals surface area contributed by atoms with Gasteiger partial charge in [0.15, 0.2) is 0 Å². The second-order valence-corrected chi connectivity index (χ2v) is 9.31. The Bertz CT molecular complexity index is 907. The van der Waals surface area contributed by atoms with E-state index in [1.807, 2.05) is 35.9 Å². The molecular weight excluding hydrogens is 443 g/mol. The Balaban J connectivity index is 0.000000383. The van der Waals surface area contributed by atoms with Crippen molar-refractivity contribution in [3.05, 3.63) is 23.7 Å². The minimum absolute atomic E-state index is 0.0733. The molecule has 0 aromatic carbocycles. The number of carboxylic acid groups (broad SMARTS) is 1. The number of piperidine rings is 1. The van der Waals surface area contributed by atoms with Crippen LogP contribution in [0.2, 0.25) is 0 Å². The van der Waals surface area contributed by atoms with Gasteiger partial charge >= 0.3 is 12.1 Å². The zero-order valence-corrected chi connectivity index (χ0v) is 19.1. The lowest BCUT2D eigenvalue weighted by Crippen LogP contribution is -2.52. The molecule has 0 bridgehead atoms. The van der Waals surface area contributed by atoms with Crippen molar-refractivity contribution in [2.24, 2.45) is 10.8 Å². The van der Waals surface area contributed by atoms with Crippen LogP contribution in [0.25, 0.3) is 0 Å². The number of rotatable bonds is 2. The number of carboxylic acids is 1. The summed E-state index contributed by atoms with van der Waals surface area (Å²) in [5, 5.41) is 7.12. The summed E-state index contributed by atoms with van der Waals surface area (Å²) in [6.45, 7) is 8.45. The first-order valence-corrected chi connectivity index (χ1v) is 10.9. The number of carbonyl (C=O) groups is 3. The summed E-state index contributed by atoms with van der Waals surface area (Å²) in [6.07, 6.45) is -2.27. The van der Waals surface area contributed by atoms with Gasteiger partial charge in [0.25, 0.3) is 0 Å². The smallest absolute Gasteiger partial charge is 0.475 e. The topological polar surface area (TPSA) is 94.3 Å². The summed E-state index contributed by atoms with van der Waals surface area (Å²) in [5.74, 6) is -0.470. The first-order valence-electron chi connectivity index (χ1n) is 10.9. The Hall–Kier alpha value is -2.56. The number of aliphatic carboxylic acids is 1. The van der Waals surface area contributed by atoms with E-state index in [-0.39, 0.29) is 22.6 Å². The van der Waals surface area contributed by atoms with Crippen molar-refractivity contribution in [2.45, 2.75) is 45.8 Å². The largest absolute Gasteiger partial charge is 0.490 e. The zero-order valence-electron chi connectivity index (χ0n) is 19.1. The van der Waals surface area contributed by atoms with Crippen LogP contribution in [-0.4, -0.2) is 83.5 Å². The van der Waals surface area contributed by atoms with Gasteiger partial charge in [-0.3, -0.25) is 14.5 Å². The lowest BCUT2D eigenvalue weighted by Gasteiger charge is -2.46. The fraction of sp³-hybridized carbons (Fsp3) is 0.682. The summed E-state index contributed by atoms with van der Waals surface area (Å²) in [6, 6.07) is 4.05. The number of furan rings is 1. The molecule has 8 nitrogen and oxygen atoms in total. The molecule has 3 aliphatic heterocycles. The van der Waals surface area contributed by atoms with E-state index in [2.05, 4.69) is 4.90 Å². The molecule has 4 heterocycles. The lowest BCUT2D eigenvalue weighted by molar-refractivity contribution is -0.192. The normalized spacial score (nSPS) is 25.0. The van der Waals surface area contributed by atoms with Crippen molar-refractivity contribution in [2.75, 3.05) is 39.8 Å². The maximum atomic E-state index is 13.1. The predicted molar refractivity (Wildman–Crippen MR) is 111 cm³/mol. The average Bonchev–Trinajstić information content (AvgIpc) is 3.37. The standard InChI is InChI=1S/C20H29N3O3.C2HF3O2/c1-15-4-5-17(26-15)12-22-10-6-19(7-11-22)13-23(16(2)24)14-20(19)8-9-21(3)18(20)25;3-2(4,5)1(6)7/h4-5H,6-14H2,1-3H3;(H,6,7). The summed E-state index contributed by atoms with van der Waals surface area (Å²) in [5.41, 5.74) is -0.448. The minimum Gasteiger partial charge on any atom is -0.475 e. The number of halogens is 3. The molecule has 1 aromatic heterocycles. The molecule has 2 spiro atoms. The number of amides is 2. The Morgan fingerprint density at radius 2 is 1.73 bits per heavy atom. The van der Waals surface area contributed by atoms with Crippen molar-refractivity contribution < 1.29 is 37.1 Å². The highest BCUT2D eigenvalue weighted by Gasteiger charge is 2.65. The molecule has 0 aliphatic carbocycles. The van der Waals surface area contributed by atoms with Gasteiger partial charge in [-0.15, -0.1) is 0 Å². The third-order valence-electron chi connectivity index (χ3n) is 7.28. The minimum atomic E-state index is -5.08. The summed E-state index contributed by atoms with van der Waals surface area (Å²) >= 11 is 0. The molecule has 1 unspecified atom stereocenters. The fourth-order valence-corrected chi connectivity index (χ4v) is 5.43. The van der Waals surface area contributed by atoms with Gasteiger partial charge in [0.2, 0.25) is 11.8 Å². The molecule has 0 radical (unpaired) electrons. The van der Waals surface area contributed by atoms with Crippen LogP contribution in [0.1, 0.15) is 37.7 Å². The Labute approximate surface area is 190 Å². The molecule has 1 N–H and O–H groups in total. The van der Waals surface area contributed by atoms with Crippen molar-refractivity contribution in [3.63, 3.8) is 0 Å². The van der Waals surface area contributed by atoms with Crippen molar-refractivity contribution in [1.29, 1.82) is 0 Å². The van der Waals surface area contributed by atoms with E-state index >= 15 is 0 Å². The first kappa shape index (κ1) is 25.1. The zero-order chi connectivity index (χ0) is 24.6. The molecule has 4 rings (SSSR count). The van der Waals surface area contributed by atoms with Crippen LogP contribution in [-0.2, 0) is 20.9 Å². The first-order chi connectivity index (χ1) is 15.3. The highest BCUT2D eigenvalue weighted by Crippen LogP contribution is 2.57. The van der Waals surface area contributed by atoms with Gasteiger partial charge < -0.3 is 19.3 Å². The number of carbonyl (C=O) groups excluding carboxylic acids is 2. The van der Waals surface area contributed by atoms with Gasteiger partial charge in [-0.1, -0.05) is 0 Å². The molecule has 3 saturated heterocycles. The quantitative estimate of drug-likeness (QED) is 0.710. The Morgan fingerprint density at radius 3 is 2.15 bits per heavy atom. The number of alkyl halides is 3. The number of fused-ring (bicyclic) bond motifs is 1.